The Morgan fingerprint density at radius 2 is 1.73 bits per heavy atom. The molecule has 154 valence electrons. The van der Waals surface area contributed by atoms with E-state index in [2.05, 4.69) is 5.32 Å². The van der Waals surface area contributed by atoms with Gasteiger partial charge < -0.3 is 19.9 Å². The standard InChI is InChI=1S/C23H20ClNO5/c1-29-20-12-11-18(13-19(20)24)25-22(27)21(16-5-3-2-4-6-16)30-23(28)17-9-7-15(14-26)8-10-17/h2-13,21,26H,14H2,1H3,(H,25,27)/t21-/m1/s1. The summed E-state index contributed by atoms with van der Waals surface area (Å²) >= 11 is 6.12. The molecule has 1 amide bonds. The zero-order valence-corrected chi connectivity index (χ0v) is 16.9. The molecule has 7 heteroatoms. The van der Waals surface area contributed by atoms with Crippen LogP contribution in [0.2, 0.25) is 5.02 Å². The van der Waals surface area contributed by atoms with Gasteiger partial charge in [0.15, 0.2) is 0 Å². The first-order chi connectivity index (χ1) is 14.5. The molecule has 0 aliphatic carbocycles. The maximum absolute atomic E-state index is 13.0. The number of nitrogens with one attached hydrogen (secondary N) is 1. The molecule has 0 aliphatic rings. The Morgan fingerprint density at radius 1 is 1.03 bits per heavy atom. The smallest absolute Gasteiger partial charge is 0.339 e. The van der Waals surface area contributed by atoms with Gasteiger partial charge in [0.1, 0.15) is 5.75 Å². The fourth-order valence-electron chi connectivity index (χ4n) is 2.77. The van der Waals surface area contributed by atoms with Crippen molar-refractivity contribution >= 4 is 29.2 Å². The monoisotopic (exact) mass is 425 g/mol. The van der Waals surface area contributed by atoms with Gasteiger partial charge in [0.2, 0.25) is 6.10 Å². The van der Waals surface area contributed by atoms with Gasteiger partial charge in [0.25, 0.3) is 5.91 Å². The van der Waals surface area contributed by atoms with E-state index in [1.807, 2.05) is 0 Å². The maximum atomic E-state index is 13.0. The van der Waals surface area contributed by atoms with Crippen molar-refractivity contribution in [3.8, 4) is 5.75 Å². The predicted octanol–water partition coefficient (Wildman–Crippen LogP) is 4.38. The lowest BCUT2D eigenvalue weighted by molar-refractivity contribution is -0.125. The van der Waals surface area contributed by atoms with Crippen LogP contribution in [0.1, 0.15) is 27.6 Å². The van der Waals surface area contributed by atoms with Gasteiger partial charge in [-0.1, -0.05) is 54.1 Å². The molecule has 0 saturated heterocycles. The summed E-state index contributed by atoms with van der Waals surface area (Å²) < 4.78 is 10.6. The molecule has 2 N–H and O–H groups in total. The van der Waals surface area contributed by atoms with E-state index < -0.39 is 18.0 Å². The first-order valence-corrected chi connectivity index (χ1v) is 9.49. The van der Waals surface area contributed by atoms with E-state index in [1.54, 1.807) is 60.7 Å². The Hall–Kier alpha value is -3.35. The van der Waals surface area contributed by atoms with Crippen LogP contribution in [0.5, 0.6) is 5.75 Å². The number of amides is 1. The molecule has 0 heterocycles. The van der Waals surface area contributed by atoms with E-state index in [0.29, 0.717) is 27.6 Å². The van der Waals surface area contributed by atoms with Gasteiger partial charge in [-0.25, -0.2) is 4.79 Å². The highest BCUT2D eigenvalue weighted by Gasteiger charge is 2.26. The van der Waals surface area contributed by atoms with E-state index in [9.17, 15) is 9.59 Å². The van der Waals surface area contributed by atoms with Crippen molar-refractivity contribution < 1.29 is 24.2 Å². The Morgan fingerprint density at radius 3 is 2.33 bits per heavy atom. The summed E-state index contributed by atoms with van der Waals surface area (Å²) in [5.74, 6) is -0.703. The van der Waals surface area contributed by atoms with Crippen molar-refractivity contribution in [2.45, 2.75) is 12.7 Å². The van der Waals surface area contributed by atoms with E-state index in [1.165, 1.54) is 19.2 Å². The molecule has 3 rings (SSSR count). The van der Waals surface area contributed by atoms with Crippen LogP contribution in [0, 0.1) is 0 Å². The minimum atomic E-state index is -1.17. The summed E-state index contributed by atoms with van der Waals surface area (Å²) in [5, 5.41) is 12.2. The summed E-state index contributed by atoms with van der Waals surface area (Å²) in [6, 6.07) is 19.8. The number of ether oxygens (including phenoxy) is 2. The Balaban J connectivity index is 1.82. The normalized spacial score (nSPS) is 11.4. The number of esters is 1. The lowest BCUT2D eigenvalue weighted by Crippen LogP contribution is -2.26. The van der Waals surface area contributed by atoms with Crippen LogP contribution in [-0.2, 0) is 16.1 Å². The number of methoxy groups -OCH3 is 1. The molecule has 0 spiro atoms. The molecule has 0 fully saturated rings. The molecular formula is C23H20ClNO5. The van der Waals surface area contributed by atoms with Crippen LogP contribution < -0.4 is 10.1 Å². The second kappa shape index (κ2) is 9.91. The topological polar surface area (TPSA) is 84.9 Å². The molecular weight excluding hydrogens is 406 g/mol. The average molecular weight is 426 g/mol. The summed E-state index contributed by atoms with van der Waals surface area (Å²) in [4.78, 5) is 25.6. The molecule has 3 aromatic rings. The Kier molecular flexibility index (Phi) is 7.06. The molecule has 6 nitrogen and oxygen atoms in total. The van der Waals surface area contributed by atoms with Crippen LogP contribution in [-0.4, -0.2) is 24.1 Å². The second-order valence-electron chi connectivity index (χ2n) is 6.39. The third kappa shape index (κ3) is 5.17. The third-order valence-corrected chi connectivity index (χ3v) is 4.65. The number of halogens is 1. The largest absolute Gasteiger partial charge is 0.495 e. The molecule has 0 aliphatic heterocycles. The van der Waals surface area contributed by atoms with Gasteiger partial charge in [-0.15, -0.1) is 0 Å². The number of rotatable bonds is 7. The van der Waals surface area contributed by atoms with Gasteiger partial charge in [-0.3, -0.25) is 4.79 Å². The van der Waals surface area contributed by atoms with E-state index in [-0.39, 0.29) is 12.2 Å². The van der Waals surface area contributed by atoms with E-state index >= 15 is 0 Å². The highest BCUT2D eigenvalue weighted by Crippen LogP contribution is 2.28. The SMILES string of the molecule is COc1ccc(NC(=O)[C@H](OC(=O)c2ccc(CO)cc2)c2ccccc2)cc1Cl. The van der Waals surface area contributed by atoms with Crippen LogP contribution in [0.4, 0.5) is 5.69 Å². The van der Waals surface area contributed by atoms with Gasteiger partial charge in [0, 0.05) is 11.3 Å². The first-order valence-electron chi connectivity index (χ1n) is 9.12. The molecule has 3 aromatic carbocycles. The van der Waals surface area contributed by atoms with Crippen molar-refractivity contribution in [1.29, 1.82) is 0 Å². The van der Waals surface area contributed by atoms with E-state index in [0.717, 1.165) is 0 Å². The van der Waals surface area contributed by atoms with E-state index in [4.69, 9.17) is 26.2 Å². The van der Waals surface area contributed by atoms with Crippen LogP contribution >= 0.6 is 11.6 Å². The number of aliphatic hydroxyl groups excluding tert-OH is 1. The molecule has 1 atom stereocenters. The molecule has 0 saturated carbocycles. The minimum Gasteiger partial charge on any atom is -0.495 e. The average Bonchev–Trinajstić information content (AvgIpc) is 2.78. The molecule has 0 bridgehead atoms. The summed E-state index contributed by atoms with van der Waals surface area (Å²) in [7, 11) is 1.50. The lowest BCUT2D eigenvalue weighted by Gasteiger charge is -2.18. The molecule has 0 radical (unpaired) electrons. The number of aliphatic hydroxyl groups is 1. The van der Waals surface area contributed by atoms with Gasteiger partial charge >= 0.3 is 5.97 Å². The second-order valence-corrected chi connectivity index (χ2v) is 6.80. The molecule has 0 aromatic heterocycles. The summed E-state index contributed by atoms with van der Waals surface area (Å²) in [6.45, 7) is -0.130. The third-order valence-electron chi connectivity index (χ3n) is 4.36. The number of anilines is 1. The van der Waals surface area contributed by atoms with Crippen LogP contribution in [0.3, 0.4) is 0 Å². The fourth-order valence-corrected chi connectivity index (χ4v) is 3.03. The number of benzene rings is 3. The van der Waals surface area contributed by atoms with Crippen molar-refractivity contribution in [2.24, 2.45) is 0 Å². The van der Waals surface area contributed by atoms with Gasteiger partial charge in [0.05, 0.1) is 24.3 Å². The fraction of sp³-hybridized carbons (Fsp3) is 0.130. The number of hydrogen-bond acceptors (Lipinski definition) is 5. The summed E-state index contributed by atoms with van der Waals surface area (Å²) in [6.07, 6.45) is -1.17. The highest BCUT2D eigenvalue weighted by molar-refractivity contribution is 6.32. The van der Waals surface area contributed by atoms with Gasteiger partial charge in [-0.05, 0) is 35.9 Å². The quantitative estimate of drug-likeness (QED) is 0.549. The zero-order chi connectivity index (χ0) is 21.5. The number of carbonyl (C=O) groups excluding carboxylic acids is 2. The highest BCUT2D eigenvalue weighted by atomic mass is 35.5. The molecule has 30 heavy (non-hydrogen) atoms. The summed E-state index contributed by atoms with van der Waals surface area (Å²) in [5.41, 5.74) is 1.90. The minimum absolute atomic E-state index is 0.130. The van der Waals surface area contributed by atoms with Gasteiger partial charge in [-0.2, -0.15) is 0 Å². The number of hydrogen-bond donors (Lipinski definition) is 2. The molecule has 0 unspecified atom stereocenters. The number of carbonyl (C=O) groups is 2. The van der Waals surface area contributed by atoms with Crippen LogP contribution in [0.25, 0.3) is 0 Å². The maximum Gasteiger partial charge on any atom is 0.339 e. The van der Waals surface area contributed by atoms with Crippen molar-refractivity contribution in [1.82, 2.24) is 0 Å². The van der Waals surface area contributed by atoms with Crippen molar-refractivity contribution in [3.05, 3.63) is 94.5 Å². The Labute approximate surface area is 179 Å². The van der Waals surface area contributed by atoms with Crippen molar-refractivity contribution in [3.63, 3.8) is 0 Å². The predicted molar refractivity (Wildman–Crippen MR) is 114 cm³/mol. The lowest BCUT2D eigenvalue weighted by atomic mass is 10.1. The first kappa shape index (κ1) is 21.4. The van der Waals surface area contributed by atoms with Crippen molar-refractivity contribution in [2.75, 3.05) is 12.4 Å². The van der Waals surface area contributed by atoms with Crippen LogP contribution in [0.15, 0.2) is 72.8 Å². The Bertz CT molecular complexity index is 1020. The zero-order valence-electron chi connectivity index (χ0n) is 16.2.